The lowest BCUT2D eigenvalue weighted by Gasteiger charge is -2.12. The van der Waals surface area contributed by atoms with Gasteiger partial charge in [0.25, 0.3) is 0 Å². The molecule has 0 spiro atoms. The summed E-state index contributed by atoms with van der Waals surface area (Å²) in [5.41, 5.74) is 1.13. The molecule has 0 aromatic heterocycles. The zero-order chi connectivity index (χ0) is 10.5. The highest BCUT2D eigenvalue weighted by molar-refractivity contribution is 5.82. The molecule has 15 heavy (non-hydrogen) atoms. The van der Waals surface area contributed by atoms with Crippen LogP contribution >= 0.6 is 0 Å². The predicted octanol–water partition coefficient (Wildman–Crippen LogP) is 1.89. The minimum atomic E-state index is 0.336. The molecule has 0 atom stereocenters. The van der Waals surface area contributed by atoms with Gasteiger partial charge in [-0.15, -0.1) is 0 Å². The molecular weight excluding hydrogens is 186 g/mol. The number of rotatable bonds is 4. The Morgan fingerprint density at radius 1 is 1.13 bits per heavy atom. The van der Waals surface area contributed by atoms with E-state index in [-0.39, 0.29) is 0 Å². The second-order valence-corrected chi connectivity index (χ2v) is 4.18. The summed E-state index contributed by atoms with van der Waals surface area (Å²) in [7, 11) is 0. The SMILES string of the molecule is O=C(Cc1ccccc1)CN1CCCC1. The van der Waals surface area contributed by atoms with Crippen LogP contribution in [0.5, 0.6) is 0 Å². The van der Waals surface area contributed by atoms with Crippen LogP contribution in [0.25, 0.3) is 0 Å². The van der Waals surface area contributed by atoms with E-state index in [0.717, 1.165) is 18.7 Å². The first-order valence-corrected chi connectivity index (χ1v) is 5.62. The largest absolute Gasteiger partial charge is 0.298 e. The Balaban J connectivity index is 1.82. The third-order valence-electron chi connectivity index (χ3n) is 2.84. The number of likely N-dealkylation sites (tertiary alicyclic amines) is 1. The van der Waals surface area contributed by atoms with Gasteiger partial charge in [-0.3, -0.25) is 9.69 Å². The van der Waals surface area contributed by atoms with Crippen molar-refractivity contribution in [3.05, 3.63) is 35.9 Å². The lowest BCUT2D eigenvalue weighted by Crippen LogP contribution is -2.27. The average molecular weight is 203 g/mol. The van der Waals surface area contributed by atoms with Crippen LogP contribution in [0.4, 0.5) is 0 Å². The van der Waals surface area contributed by atoms with E-state index in [1.54, 1.807) is 0 Å². The summed E-state index contributed by atoms with van der Waals surface area (Å²) in [5.74, 6) is 0.336. The Kier molecular flexibility index (Phi) is 3.51. The molecule has 1 saturated heterocycles. The lowest BCUT2D eigenvalue weighted by atomic mass is 10.1. The normalized spacial score (nSPS) is 16.8. The Labute approximate surface area is 90.9 Å². The average Bonchev–Trinajstić information content (AvgIpc) is 2.71. The van der Waals surface area contributed by atoms with Crippen molar-refractivity contribution in [2.45, 2.75) is 19.3 Å². The van der Waals surface area contributed by atoms with Crippen LogP contribution in [0.2, 0.25) is 0 Å². The summed E-state index contributed by atoms with van der Waals surface area (Å²) in [6.45, 7) is 2.83. The fraction of sp³-hybridized carbons (Fsp3) is 0.462. The van der Waals surface area contributed by atoms with E-state index < -0.39 is 0 Å². The zero-order valence-electron chi connectivity index (χ0n) is 8.98. The zero-order valence-corrected chi connectivity index (χ0v) is 8.98. The molecule has 2 nitrogen and oxygen atoms in total. The van der Waals surface area contributed by atoms with Crippen molar-refractivity contribution in [1.29, 1.82) is 0 Å². The molecule has 1 aliphatic heterocycles. The third kappa shape index (κ3) is 3.17. The van der Waals surface area contributed by atoms with Crippen molar-refractivity contribution in [2.24, 2.45) is 0 Å². The van der Waals surface area contributed by atoms with E-state index >= 15 is 0 Å². The molecular formula is C13H17NO. The van der Waals surface area contributed by atoms with Crippen LogP contribution in [0.1, 0.15) is 18.4 Å². The Morgan fingerprint density at radius 2 is 1.80 bits per heavy atom. The molecule has 0 N–H and O–H groups in total. The number of Topliss-reactive ketones (excluding diaryl/α,β-unsaturated/α-hetero) is 1. The van der Waals surface area contributed by atoms with Gasteiger partial charge in [0.2, 0.25) is 0 Å². The van der Waals surface area contributed by atoms with Crippen LogP contribution in [0.15, 0.2) is 30.3 Å². The Bertz CT molecular complexity index is 315. The molecule has 0 unspecified atom stereocenters. The van der Waals surface area contributed by atoms with Crippen molar-refractivity contribution in [1.82, 2.24) is 4.90 Å². The molecule has 0 aliphatic carbocycles. The summed E-state index contributed by atoms with van der Waals surface area (Å²) in [5, 5.41) is 0. The van der Waals surface area contributed by atoms with E-state index in [9.17, 15) is 4.79 Å². The molecule has 1 aliphatic rings. The molecule has 0 bridgehead atoms. The van der Waals surface area contributed by atoms with Crippen LogP contribution in [0, 0.1) is 0 Å². The van der Waals surface area contributed by atoms with E-state index in [1.165, 1.54) is 12.8 Å². The van der Waals surface area contributed by atoms with E-state index in [4.69, 9.17) is 0 Å². The van der Waals surface area contributed by atoms with Gasteiger partial charge in [-0.2, -0.15) is 0 Å². The summed E-state index contributed by atoms with van der Waals surface area (Å²) in [4.78, 5) is 14.0. The summed E-state index contributed by atoms with van der Waals surface area (Å²) in [6.07, 6.45) is 3.08. The molecule has 2 rings (SSSR count). The van der Waals surface area contributed by atoms with Crippen molar-refractivity contribution in [3.63, 3.8) is 0 Å². The predicted molar refractivity (Wildman–Crippen MR) is 60.8 cm³/mol. The van der Waals surface area contributed by atoms with Gasteiger partial charge in [-0.1, -0.05) is 30.3 Å². The van der Waals surface area contributed by atoms with E-state index in [2.05, 4.69) is 4.90 Å². The highest BCUT2D eigenvalue weighted by atomic mass is 16.1. The van der Waals surface area contributed by atoms with Crippen LogP contribution in [-0.2, 0) is 11.2 Å². The number of ketones is 1. The van der Waals surface area contributed by atoms with Gasteiger partial charge in [0.05, 0.1) is 6.54 Å². The van der Waals surface area contributed by atoms with Crippen LogP contribution < -0.4 is 0 Å². The Morgan fingerprint density at radius 3 is 2.47 bits per heavy atom. The highest BCUT2D eigenvalue weighted by Gasteiger charge is 2.14. The maximum absolute atomic E-state index is 11.7. The van der Waals surface area contributed by atoms with Gasteiger partial charge in [0.1, 0.15) is 0 Å². The number of hydrogen-bond donors (Lipinski definition) is 0. The first-order chi connectivity index (χ1) is 7.34. The molecule has 1 aromatic rings. The smallest absolute Gasteiger partial charge is 0.151 e. The van der Waals surface area contributed by atoms with E-state index in [0.29, 0.717) is 18.7 Å². The van der Waals surface area contributed by atoms with Gasteiger partial charge in [-0.25, -0.2) is 0 Å². The monoisotopic (exact) mass is 203 g/mol. The minimum Gasteiger partial charge on any atom is -0.298 e. The standard InChI is InChI=1S/C13H17NO/c15-13(11-14-8-4-5-9-14)10-12-6-2-1-3-7-12/h1-3,6-7H,4-5,8-11H2. The van der Waals surface area contributed by atoms with Crippen molar-refractivity contribution in [3.8, 4) is 0 Å². The fourth-order valence-corrected chi connectivity index (χ4v) is 2.07. The second kappa shape index (κ2) is 5.08. The minimum absolute atomic E-state index is 0.336. The molecule has 0 saturated carbocycles. The first-order valence-electron chi connectivity index (χ1n) is 5.62. The van der Waals surface area contributed by atoms with Crippen molar-refractivity contribution in [2.75, 3.05) is 19.6 Å². The topological polar surface area (TPSA) is 20.3 Å². The maximum atomic E-state index is 11.7. The third-order valence-corrected chi connectivity index (χ3v) is 2.84. The highest BCUT2D eigenvalue weighted by Crippen LogP contribution is 2.08. The molecule has 1 aromatic carbocycles. The van der Waals surface area contributed by atoms with Crippen molar-refractivity contribution >= 4 is 5.78 Å². The molecule has 0 amide bonds. The van der Waals surface area contributed by atoms with Gasteiger partial charge < -0.3 is 0 Å². The first kappa shape index (κ1) is 10.4. The fourth-order valence-electron chi connectivity index (χ4n) is 2.07. The number of benzene rings is 1. The van der Waals surface area contributed by atoms with Crippen molar-refractivity contribution < 1.29 is 4.79 Å². The number of nitrogens with zero attached hydrogens (tertiary/aromatic N) is 1. The van der Waals surface area contributed by atoms with Gasteiger partial charge in [-0.05, 0) is 31.5 Å². The van der Waals surface area contributed by atoms with Crippen LogP contribution in [0.3, 0.4) is 0 Å². The summed E-state index contributed by atoms with van der Waals surface area (Å²) in [6, 6.07) is 9.98. The molecule has 1 fully saturated rings. The number of hydrogen-bond acceptors (Lipinski definition) is 2. The Hall–Kier alpha value is -1.15. The molecule has 0 radical (unpaired) electrons. The quantitative estimate of drug-likeness (QED) is 0.745. The van der Waals surface area contributed by atoms with Gasteiger partial charge in [0, 0.05) is 6.42 Å². The lowest BCUT2D eigenvalue weighted by molar-refractivity contribution is -0.119. The summed E-state index contributed by atoms with van der Waals surface area (Å²) < 4.78 is 0. The number of carbonyl (C=O) groups excluding carboxylic acids is 1. The molecule has 80 valence electrons. The molecule has 1 heterocycles. The second-order valence-electron chi connectivity index (χ2n) is 4.18. The van der Waals surface area contributed by atoms with Gasteiger partial charge in [0.15, 0.2) is 5.78 Å². The molecule has 2 heteroatoms. The van der Waals surface area contributed by atoms with Crippen LogP contribution in [-0.4, -0.2) is 30.3 Å². The maximum Gasteiger partial charge on any atom is 0.151 e. The summed E-state index contributed by atoms with van der Waals surface area (Å²) >= 11 is 0. The van der Waals surface area contributed by atoms with Gasteiger partial charge >= 0.3 is 0 Å². The number of carbonyl (C=O) groups is 1. The van der Waals surface area contributed by atoms with E-state index in [1.807, 2.05) is 30.3 Å².